The number of sulfonamides is 1. The normalized spacial score (nSPS) is 12.9. The lowest BCUT2D eigenvalue weighted by Crippen LogP contribution is -2.52. The third kappa shape index (κ3) is 7.16. The summed E-state index contributed by atoms with van der Waals surface area (Å²) in [6.45, 7) is 5.02. The zero-order chi connectivity index (χ0) is 27.0. The summed E-state index contributed by atoms with van der Waals surface area (Å²) in [5.74, 6) is -1.45. The molecule has 0 saturated heterocycles. The molecule has 0 unspecified atom stereocenters. The van der Waals surface area contributed by atoms with E-state index < -0.39 is 34.3 Å². The zero-order valence-corrected chi connectivity index (χ0v) is 22.0. The number of amides is 2. The molecule has 0 aliphatic carbocycles. The Kier molecular flexibility index (Phi) is 9.41. The average Bonchev–Trinajstić information content (AvgIpc) is 2.91. The van der Waals surface area contributed by atoms with Gasteiger partial charge in [0.1, 0.15) is 18.4 Å². The van der Waals surface area contributed by atoms with Gasteiger partial charge < -0.3 is 10.2 Å². The lowest BCUT2D eigenvalue weighted by Gasteiger charge is -2.32. The number of nitrogens with one attached hydrogen (secondary N) is 1. The van der Waals surface area contributed by atoms with Crippen molar-refractivity contribution >= 4 is 27.5 Å². The van der Waals surface area contributed by atoms with E-state index in [-0.39, 0.29) is 29.1 Å². The number of carbonyl (C=O) groups is 2. The second-order valence-electron chi connectivity index (χ2n) is 8.80. The van der Waals surface area contributed by atoms with Gasteiger partial charge in [0.15, 0.2) is 0 Å². The first-order valence-corrected chi connectivity index (χ1v) is 13.5. The van der Waals surface area contributed by atoms with Gasteiger partial charge in [0, 0.05) is 12.6 Å². The van der Waals surface area contributed by atoms with E-state index in [2.05, 4.69) is 5.32 Å². The van der Waals surface area contributed by atoms with Crippen LogP contribution in [0.15, 0.2) is 89.8 Å². The number of anilines is 1. The van der Waals surface area contributed by atoms with E-state index in [9.17, 15) is 22.4 Å². The Morgan fingerprint density at radius 2 is 1.46 bits per heavy atom. The Bertz CT molecular complexity index is 1290. The van der Waals surface area contributed by atoms with Gasteiger partial charge >= 0.3 is 0 Å². The summed E-state index contributed by atoms with van der Waals surface area (Å²) in [6, 6.07) is 20.9. The fourth-order valence-electron chi connectivity index (χ4n) is 3.69. The number of hydrogen-bond donors (Lipinski definition) is 1. The smallest absolute Gasteiger partial charge is 0.264 e. The predicted molar refractivity (Wildman–Crippen MR) is 142 cm³/mol. The van der Waals surface area contributed by atoms with Crippen molar-refractivity contribution in [2.45, 2.75) is 50.7 Å². The molecule has 0 bridgehead atoms. The molecule has 2 atom stereocenters. The number of halogens is 1. The Morgan fingerprint density at radius 3 is 2.03 bits per heavy atom. The predicted octanol–water partition coefficient (Wildman–Crippen LogP) is 4.35. The maximum atomic E-state index is 13.7. The van der Waals surface area contributed by atoms with Crippen LogP contribution < -0.4 is 9.62 Å². The van der Waals surface area contributed by atoms with Crippen LogP contribution in [0.4, 0.5) is 10.1 Å². The van der Waals surface area contributed by atoms with Gasteiger partial charge in [0.25, 0.3) is 10.0 Å². The lowest BCUT2D eigenvalue weighted by molar-refractivity contribution is -0.139. The molecular weight excluding hydrogens is 493 g/mol. The lowest BCUT2D eigenvalue weighted by atomic mass is 10.1. The molecule has 2 amide bonds. The Labute approximate surface area is 218 Å². The van der Waals surface area contributed by atoms with Crippen LogP contribution in [0.1, 0.15) is 32.8 Å². The molecule has 0 aliphatic rings. The van der Waals surface area contributed by atoms with Crippen molar-refractivity contribution in [3.05, 3.63) is 96.3 Å². The summed E-state index contributed by atoms with van der Waals surface area (Å²) in [4.78, 5) is 28.0. The van der Waals surface area contributed by atoms with Crippen molar-refractivity contribution in [2.75, 3.05) is 10.8 Å². The van der Waals surface area contributed by atoms with Crippen LogP contribution in [0.2, 0.25) is 0 Å². The minimum atomic E-state index is -4.22. The van der Waals surface area contributed by atoms with Crippen LogP contribution in [0.5, 0.6) is 0 Å². The molecule has 0 fully saturated rings. The molecule has 0 aromatic heterocycles. The SMILES string of the molecule is CC[C@@H](C)NC(=O)[C@H](C)N(Cc1ccccc1)C(=O)CN(c1ccccc1)S(=O)(=O)c1ccc(F)cc1. The molecule has 37 heavy (non-hydrogen) atoms. The van der Waals surface area contributed by atoms with Crippen molar-refractivity contribution in [3.8, 4) is 0 Å². The van der Waals surface area contributed by atoms with Crippen LogP contribution in [0.25, 0.3) is 0 Å². The van der Waals surface area contributed by atoms with E-state index in [0.29, 0.717) is 0 Å². The fraction of sp³-hybridized carbons (Fsp3) is 0.286. The molecule has 0 heterocycles. The molecule has 196 valence electrons. The van der Waals surface area contributed by atoms with E-state index in [4.69, 9.17) is 0 Å². The van der Waals surface area contributed by atoms with Gasteiger partial charge in [-0.25, -0.2) is 12.8 Å². The van der Waals surface area contributed by atoms with Crippen LogP contribution >= 0.6 is 0 Å². The van der Waals surface area contributed by atoms with Crippen molar-refractivity contribution in [3.63, 3.8) is 0 Å². The minimum Gasteiger partial charge on any atom is -0.352 e. The molecular formula is C28H32FN3O4S. The quantitative estimate of drug-likeness (QED) is 0.403. The summed E-state index contributed by atoms with van der Waals surface area (Å²) in [7, 11) is -4.22. The van der Waals surface area contributed by atoms with Gasteiger partial charge in [-0.2, -0.15) is 0 Å². The van der Waals surface area contributed by atoms with Gasteiger partial charge in [-0.05, 0) is 62.2 Å². The van der Waals surface area contributed by atoms with Crippen LogP contribution in [-0.2, 0) is 26.2 Å². The maximum absolute atomic E-state index is 13.7. The largest absolute Gasteiger partial charge is 0.352 e. The molecule has 0 saturated carbocycles. The number of rotatable bonds is 11. The fourth-order valence-corrected chi connectivity index (χ4v) is 5.10. The Morgan fingerprint density at radius 1 is 0.892 bits per heavy atom. The second kappa shape index (κ2) is 12.5. The molecule has 0 radical (unpaired) electrons. The first kappa shape index (κ1) is 27.9. The zero-order valence-electron chi connectivity index (χ0n) is 21.2. The van der Waals surface area contributed by atoms with Crippen molar-refractivity contribution in [1.29, 1.82) is 0 Å². The molecule has 3 aromatic rings. The van der Waals surface area contributed by atoms with Crippen molar-refractivity contribution < 1.29 is 22.4 Å². The van der Waals surface area contributed by atoms with E-state index in [1.807, 2.05) is 44.2 Å². The second-order valence-corrected chi connectivity index (χ2v) is 10.7. The number of hydrogen-bond acceptors (Lipinski definition) is 4. The van der Waals surface area contributed by atoms with E-state index in [0.717, 1.165) is 40.6 Å². The summed E-state index contributed by atoms with van der Waals surface area (Å²) in [5, 5.41) is 2.90. The average molecular weight is 526 g/mol. The molecule has 0 aliphatic heterocycles. The van der Waals surface area contributed by atoms with Crippen LogP contribution in [0.3, 0.4) is 0 Å². The maximum Gasteiger partial charge on any atom is 0.264 e. The minimum absolute atomic E-state index is 0.0803. The van der Waals surface area contributed by atoms with Gasteiger partial charge in [-0.1, -0.05) is 55.5 Å². The number of carbonyl (C=O) groups excluding carboxylic acids is 2. The molecule has 0 spiro atoms. The molecule has 3 rings (SSSR count). The third-order valence-electron chi connectivity index (χ3n) is 6.09. The topological polar surface area (TPSA) is 86.8 Å². The standard InChI is InChI=1S/C28H32FN3O4S/c1-4-21(2)30-28(34)22(3)31(19-23-11-7-5-8-12-23)27(33)20-32(25-13-9-6-10-14-25)37(35,36)26-17-15-24(29)16-18-26/h5-18,21-22H,4,19-20H2,1-3H3,(H,30,34)/t21-,22+/m1/s1. The monoisotopic (exact) mass is 525 g/mol. The number of para-hydroxylation sites is 1. The number of benzene rings is 3. The summed E-state index contributed by atoms with van der Waals surface area (Å²) < 4.78 is 41.7. The van der Waals surface area contributed by atoms with Crippen molar-refractivity contribution in [1.82, 2.24) is 10.2 Å². The van der Waals surface area contributed by atoms with E-state index in [1.165, 1.54) is 4.90 Å². The molecule has 9 heteroatoms. The first-order valence-electron chi connectivity index (χ1n) is 12.1. The highest BCUT2D eigenvalue weighted by Crippen LogP contribution is 2.24. The van der Waals surface area contributed by atoms with Gasteiger partial charge in [0.2, 0.25) is 11.8 Å². The van der Waals surface area contributed by atoms with E-state index >= 15 is 0 Å². The van der Waals surface area contributed by atoms with E-state index in [1.54, 1.807) is 37.3 Å². The van der Waals surface area contributed by atoms with Gasteiger partial charge in [-0.15, -0.1) is 0 Å². The van der Waals surface area contributed by atoms with Crippen molar-refractivity contribution in [2.24, 2.45) is 0 Å². The Balaban J connectivity index is 1.98. The third-order valence-corrected chi connectivity index (χ3v) is 7.88. The van der Waals surface area contributed by atoms with Crippen LogP contribution in [-0.4, -0.2) is 43.8 Å². The Hall–Kier alpha value is -3.72. The summed E-state index contributed by atoms with van der Waals surface area (Å²) >= 11 is 0. The first-order chi connectivity index (χ1) is 17.6. The van der Waals surface area contributed by atoms with Gasteiger partial charge in [0.05, 0.1) is 10.6 Å². The van der Waals surface area contributed by atoms with Gasteiger partial charge in [-0.3, -0.25) is 13.9 Å². The van der Waals surface area contributed by atoms with Crippen LogP contribution in [0, 0.1) is 5.82 Å². The highest BCUT2D eigenvalue weighted by Gasteiger charge is 2.32. The highest BCUT2D eigenvalue weighted by atomic mass is 32.2. The highest BCUT2D eigenvalue weighted by molar-refractivity contribution is 7.92. The summed E-state index contributed by atoms with van der Waals surface area (Å²) in [5.41, 5.74) is 1.07. The summed E-state index contributed by atoms with van der Waals surface area (Å²) in [6.07, 6.45) is 0.725. The number of nitrogens with zero attached hydrogens (tertiary/aromatic N) is 2. The molecule has 7 nitrogen and oxygen atoms in total. The molecule has 3 aromatic carbocycles. The molecule has 1 N–H and O–H groups in total.